The van der Waals surface area contributed by atoms with E-state index in [1.54, 1.807) is 12.1 Å². The maximum absolute atomic E-state index is 11.5. The summed E-state index contributed by atoms with van der Waals surface area (Å²) < 4.78 is 6.05. The Hall–Kier alpha value is -1.43. The predicted molar refractivity (Wildman–Crippen MR) is 73.3 cm³/mol. The number of carbonyl (C=O) groups excluding carboxylic acids is 1. The molecule has 0 saturated heterocycles. The van der Waals surface area contributed by atoms with Gasteiger partial charge in [0.1, 0.15) is 5.78 Å². The van der Waals surface area contributed by atoms with Gasteiger partial charge in [0.2, 0.25) is 5.75 Å². The van der Waals surface area contributed by atoms with Crippen LogP contribution in [0.5, 0.6) is 5.75 Å². The van der Waals surface area contributed by atoms with Gasteiger partial charge in [-0.05, 0) is 41.3 Å². The molecule has 0 heterocycles. The van der Waals surface area contributed by atoms with Gasteiger partial charge in [-0.25, -0.2) is 0 Å². The standard InChI is InChI=1S/C13H14BrNO4/c14-10-4-2-5-11(15(17)18)13(10)19-8-7-9-3-1-6-12(9)16/h2,4-5,9H,1,3,6-8H2. The Morgan fingerprint density at radius 3 is 2.89 bits per heavy atom. The zero-order valence-electron chi connectivity index (χ0n) is 10.3. The SMILES string of the molecule is O=C1CCCC1CCOc1c(Br)cccc1[N+](=O)[O-]. The van der Waals surface area contributed by atoms with Crippen LogP contribution in [0.15, 0.2) is 22.7 Å². The molecule has 1 unspecified atom stereocenters. The number of nitrogens with zero attached hydrogens (tertiary/aromatic N) is 1. The largest absolute Gasteiger partial charge is 0.486 e. The van der Waals surface area contributed by atoms with E-state index in [1.165, 1.54) is 6.07 Å². The third-order valence-electron chi connectivity index (χ3n) is 3.29. The molecule has 1 aliphatic carbocycles. The molecule has 1 saturated carbocycles. The molecule has 1 aliphatic rings. The fraction of sp³-hybridized carbons (Fsp3) is 0.462. The maximum Gasteiger partial charge on any atom is 0.312 e. The molecule has 19 heavy (non-hydrogen) atoms. The lowest BCUT2D eigenvalue weighted by Gasteiger charge is -2.11. The van der Waals surface area contributed by atoms with Crippen molar-refractivity contribution < 1.29 is 14.5 Å². The van der Waals surface area contributed by atoms with Crippen LogP contribution in [0.3, 0.4) is 0 Å². The summed E-state index contributed by atoms with van der Waals surface area (Å²) in [7, 11) is 0. The maximum atomic E-state index is 11.5. The van der Waals surface area contributed by atoms with Gasteiger partial charge in [0, 0.05) is 18.4 Å². The van der Waals surface area contributed by atoms with Gasteiger partial charge in [0.15, 0.2) is 0 Å². The lowest BCUT2D eigenvalue weighted by Crippen LogP contribution is -2.11. The van der Waals surface area contributed by atoms with Crippen molar-refractivity contribution >= 4 is 27.4 Å². The number of ether oxygens (including phenoxy) is 1. The average Bonchev–Trinajstić information content (AvgIpc) is 2.77. The Morgan fingerprint density at radius 2 is 2.26 bits per heavy atom. The van der Waals surface area contributed by atoms with E-state index in [0.717, 1.165) is 12.8 Å². The zero-order chi connectivity index (χ0) is 13.8. The van der Waals surface area contributed by atoms with E-state index in [2.05, 4.69) is 15.9 Å². The first-order valence-electron chi connectivity index (χ1n) is 6.18. The minimum Gasteiger partial charge on any atom is -0.486 e. The van der Waals surface area contributed by atoms with Gasteiger partial charge in [-0.1, -0.05) is 6.07 Å². The van der Waals surface area contributed by atoms with E-state index >= 15 is 0 Å². The smallest absolute Gasteiger partial charge is 0.312 e. The highest BCUT2D eigenvalue weighted by atomic mass is 79.9. The average molecular weight is 328 g/mol. The van der Waals surface area contributed by atoms with Gasteiger partial charge in [-0.15, -0.1) is 0 Å². The highest BCUT2D eigenvalue weighted by Crippen LogP contribution is 2.35. The Labute approximate surface area is 119 Å². The molecular weight excluding hydrogens is 314 g/mol. The Balaban J connectivity index is 1.99. The van der Waals surface area contributed by atoms with Crippen molar-refractivity contribution in [2.24, 2.45) is 5.92 Å². The molecule has 0 N–H and O–H groups in total. The third kappa shape index (κ3) is 3.32. The number of hydrogen-bond donors (Lipinski definition) is 0. The summed E-state index contributed by atoms with van der Waals surface area (Å²) in [4.78, 5) is 21.9. The van der Waals surface area contributed by atoms with Crippen LogP contribution in [0.4, 0.5) is 5.69 Å². The van der Waals surface area contributed by atoms with Crippen LogP contribution in [0.2, 0.25) is 0 Å². The van der Waals surface area contributed by atoms with Crippen LogP contribution in [-0.2, 0) is 4.79 Å². The highest BCUT2D eigenvalue weighted by molar-refractivity contribution is 9.10. The van der Waals surface area contributed by atoms with Crippen LogP contribution >= 0.6 is 15.9 Å². The molecule has 6 heteroatoms. The molecule has 1 fully saturated rings. The summed E-state index contributed by atoms with van der Waals surface area (Å²) in [6.07, 6.45) is 3.12. The van der Waals surface area contributed by atoms with Crippen molar-refractivity contribution in [3.05, 3.63) is 32.8 Å². The molecule has 1 aromatic carbocycles. The molecule has 1 atom stereocenters. The van der Waals surface area contributed by atoms with Gasteiger partial charge in [-0.3, -0.25) is 14.9 Å². The van der Waals surface area contributed by atoms with Gasteiger partial charge in [-0.2, -0.15) is 0 Å². The first-order chi connectivity index (χ1) is 9.09. The van der Waals surface area contributed by atoms with Gasteiger partial charge >= 0.3 is 5.69 Å². The summed E-state index contributed by atoms with van der Waals surface area (Å²) in [6, 6.07) is 4.69. The Morgan fingerprint density at radius 1 is 1.47 bits per heavy atom. The number of hydrogen-bond acceptors (Lipinski definition) is 4. The first-order valence-corrected chi connectivity index (χ1v) is 6.97. The van der Waals surface area contributed by atoms with Crippen molar-refractivity contribution in [2.45, 2.75) is 25.7 Å². The molecule has 0 bridgehead atoms. The number of nitro benzene ring substituents is 1. The molecule has 0 radical (unpaired) electrons. The Bertz CT molecular complexity index is 503. The Kier molecular flexibility index (Phi) is 4.52. The monoisotopic (exact) mass is 327 g/mol. The van der Waals surface area contributed by atoms with E-state index < -0.39 is 4.92 Å². The van der Waals surface area contributed by atoms with Crippen molar-refractivity contribution in [2.75, 3.05) is 6.61 Å². The summed E-state index contributed by atoms with van der Waals surface area (Å²) >= 11 is 3.24. The summed E-state index contributed by atoms with van der Waals surface area (Å²) in [5.41, 5.74) is -0.0628. The summed E-state index contributed by atoms with van der Waals surface area (Å²) in [6.45, 7) is 0.319. The zero-order valence-corrected chi connectivity index (χ0v) is 11.9. The lowest BCUT2D eigenvalue weighted by molar-refractivity contribution is -0.386. The van der Waals surface area contributed by atoms with Crippen molar-refractivity contribution in [1.82, 2.24) is 0 Å². The van der Waals surface area contributed by atoms with Crippen molar-refractivity contribution in [1.29, 1.82) is 0 Å². The fourth-order valence-corrected chi connectivity index (χ4v) is 2.75. The van der Waals surface area contributed by atoms with Gasteiger partial charge in [0.05, 0.1) is 16.0 Å². The van der Waals surface area contributed by atoms with E-state index in [4.69, 9.17) is 4.74 Å². The van der Waals surface area contributed by atoms with Crippen LogP contribution in [0.25, 0.3) is 0 Å². The second-order valence-electron chi connectivity index (χ2n) is 4.54. The number of carbonyl (C=O) groups is 1. The number of halogens is 1. The topological polar surface area (TPSA) is 69.4 Å². The number of rotatable bonds is 5. The molecule has 2 rings (SSSR count). The number of benzene rings is 1. The van der Waals surface area contributed by atoms with Crippen LogP contribution < -0.4 is 4.74 Å². The molecule has 0 aromatic heterocycles. The van der Waals surface area contributed by atoms with E-state index in [-0.39, 0.29) is 23.1 Å². The number of Topliss-reactive ketones (excluding diaryl/α,β-unsaturated/α-hetero) is 1. The lowest BCUT2D eigenvalue weighted by atomic mass is 10.0. The molecule has 5 nitrogen and oxygen atoms in total. The van der Waals surface area contributed by atoms with Gasteiger partial charge < -0.3 is 4.74 Å². The fourth-order valence-electron chi connectivity index (χ4n) is 2.28. The minimum atomic E-state index is -0.471. The van der Waals surface area contributed by atoms with E-state index in [0.29, 0.717) is 23.9 Å². The van der Waals surface area contributed by atoms with Crippen LogP contribution in [-0.4, -0.2) is 17.3 Å². The molecule has 0 aliphatic heterocycles. The van der Waals surface area contributed by atoms with Gasteiger partial charge in [0.25, 0.3) is 0 Å². The first kappa shape index (κ1) is 14.0. The van der Waals surface area contributed by atoms with Crippen molar-refractivity contribution in [3.8, 4) is 5.75 Å². The molecule has 1 aromatic rings. The van der Waals surface area contributed by atoms with Crippen LogP contribution in [0.1, 0.15) is 25.7 Å². The second-order valence-corrected chi connectivity index (χ2v) is 5.39. The summed E-state index contributed by atoms with van der Waals surface area (Å²) in [5, 5.41) is 10.9. The minimum absolute atomic E-state index is 0.0570. The molecule has 0 spiro atoms. The number of ketones is 1. The third-order valence-corrected chi connectivity index (χ3v) is 3.91. The van der Waals surface area contributed by atoms with Crippen LogP contribution in [0, 0.1) is 16.0 Å². The molecule has 102 valence electrons. The van der Waals surface area contributed by atoms with Crippen molar-refractivity contribution in [3.63, 3.8) is 0 Å². The predicted octanol–water partition coefficient (Wildman–Crippen LogP) is 3.50. The van der Waals surface area contributed by atoms with E-state index in [9.17, 15) is 14.9 Å². The van der Waals surface area contributed by atoms with E-state index in [1.807, 2.05) is 0 Å². The second kappa shape index (κ2) is 6.14. The number of nitro groups is 1. The quantitative estimate of drug-likeness (QED) is 0.613. The number of para-hydroxylation sites is 1. The molecular formula is C13H14BrNO4. The summed E-state index contributed by atoms with van der Waals surface area (Å²) in [5.74, 6) is 0.574. The molecule has 0 amide bonds. The highest BCUT2D eigenvalue weighted by Gasteiger charge is 2.25. The normalized spacial score (nSPS) is 18.6.